The number of benzene rings is 1. The van der Waals surface area contributed by atoms with Gasteiger partial charge in [0.2, 0.25) is 5.91 Å². The van der Waals surface area contributed by atoms with Crippen molar-refractivity contribution in [1.29, 1.82) is 0 Å². The third-order valence-electron chi connectivity index (χ3n) is 3.91. The van der Waals surface area contributed by atoms with Crippen LogP contribution in [0.3, 0.4) is 0 Å². The highest BCUT2D eigenvalue weighted by atomic mass is 19.1. The molecule has 0 aliphatic carbocycles. The highest BCUT2D eigenvalue weighted by Crippen LogP contribution is 2.11. The van der Waals surface area contributed by atoms with E-state index in [4.69, 9.17) is 0 Å². The van der Waals surface area contributed by atoms with Gasteiger partial charge in [-0.1, -0.05) is 18.2 Å². The molecule has 0 aliphatic rings. The smallest absolute Gasteiger partial charge is 0.228 e. The van der Waals surface area contributed by atoms with Crippen molar-refractivity contribution in [3.8, 4) is 0 Å². The van der Waals surface area contributed by atoms with Gasteiger partial charge in [0, 0.05) is 18.6 Å². The highest BCUT2D eigenvalue weighted by Gasteiger charge is 2.08. The molecule has 4 aromatic rings. The normalized spacial score (nSPS) is 11.0. The van der Waals surface area contributed by atoms with Crippen LogP contribution in [0.15, 0.2) is 67.3 Å². The molecule has 1 N–H and O–H groups in total. The van der Waals surface area contributed by atoms with Crippen LogP contribution in [-0.4, -0.2) is 25.1 Å². The number of amides is 1. The summed E-state index contributed by atoms with van der Waals surface area (Å²) >= 11 is 0. The first-order valence-electron chi connectivity index (χ1n) is 8.15. The number of aromatic nitrogens is 4. The Morgan fingerprint density at radius 2 is 2.08 bits per heavy atom. The number of hydrogen-bond donors (Lipinski definition) is 1. The summed E-state index contributed by atoms with van der Waals surface area (Å²) < 4.78 is 16.8. The Balaban J connectivity index is 1.40. The van der Waals surface area contributed by atoms with E-state index in [1.807, 2.05) is 35.0 Å². The number of rotatable bonds is 5. The van der Waals surface area contributed by atoms with Crippen LogP contribution in [0.2, 0.25) is 0 Å². The lowest BCUT2D eigenvalue weighted by molar-refractivity contribution is -0.115. The van der Waals surface area contributed by atoms with Crippen LogP contribution in [0.25, 0.3) is 5.65 Å². The summed E-state index contributed by atoms with van der Waals surface area (Å²) in [6.45, 7) is 0.501. The van der Waals surface area contributed by atoms with Crippen LogP contribution in [0.5, 0.6) is 0 Å². The predicted octanol–water partition coefficient (Wildman–Crippen LogP) is 2.90. The first-order chi connectivity index (χ1) is 12.7. The number of hydrogen-bond acceptors (Lipinski definition) is 3. The van der Waals surface area contributed by atoms with Crippen molar-refractivity contribution in [2.24, 2.45) is 0 Å². The number of carbonyl (C=O) groups excluding carboxylic acids is 1. The summed E-state index contributed by atoms with van der Waals surface area (Å²) in [5, 5.41) is 7.02. The molecule has 26 heavy (non-hydrogen) atoms. The van der Waals surface area contributed by atoms with E-state index in [1.54, 1.807) is 29.2 Å². The summed E-state index contributed by atoms with van der Waals surface area (Å²) in [6, 6.07) is 11.8. The van der Waals surface area contributed by atoms with Gasteiger partial charge in [0.25, 0.3) is 0 Å². The van der Waals surface area contributed by atoms with E-state index in [2.05, 4.69) is 15.4 Å². The molecule has 130 valence electrons. The summed E-state index contributed by atoms with van der Waals surface area (Å²) in [6.07, 6.45) is 7.31. The van der Waals surface area contributed by atoms with Crippen molar-refractivity contribution in [3.05, 3.63) is 84.3 Å². The van der Waals surface area contributed by atoms with Gasteiger partial charge in [-0.05, 0) is 29.8 Å². The van der Waals surface area contributed by atoms with Crippen LogP contribution in [0.1, 0.15) is 11.3 Å². The predicted molar refractivity (Wildman–Crippen MR) is 95.3 cm³/mol. The SMILES string of the molecule is O=C(Cc1cccc(F)c1)Nc1cnn(Cc2cn3ccccc3n2)c1. The van der Waals surface area contributed by atoms with Crippen LogP contribution >= 0.6 is 0 Å². The van der Waals surface area contributed by atoms with Crippen molar-refractivity contribution in [2.45, 2.75) is 13.0 Å². The summed E-state index contributed by atoms with van der Waals surface area (Å²) in [7, 11) is 0. The molecule has 3 heterocycles. The molecule has 0 radical (unpaired) electrons. The largest absolute Gasteiger partial charge is 0.323 e. The average molecular weight is 349 g/mol. The molecule has 0 unspecified atom stereocenters. The molecule has 4 rings (SSSR count). The molecule has 0 saturated heterocycles. The fourth-order valence-electron chi connectivity index (χ4n) is 2.78. The topological polar surface area (TPSA) is 64.2 Å². The Kier molecular flexibility index (Phi) is 4.18. The maximum Gasteiger partial charge on any atom is 0.228 e. The summed E-state index contributed by atoms with van der Waals surface area (Å²) in [5.74, 6) is -0.571. The molecule has 1 amide bonds. The van der Waals surface area contributed by atoms with E-state index >= 15 is 0 Å². The highest BCUT2D eigenvalue weighted by molar-refractivity contribution is 5.91. The average Bonchev–Trinajstić information content (AvgIpc) is 3.21. The minimum atomic E-state index is -0.351. The lowest BCUT2D eigenvalue weighted by Gasteiger charge is -2.03. The minimum absolute atomic E-state index is 0.107. The van der Waals surface area contributed by atoms with Gasteiger partial charge in [-0.15, -0.1) is 0 Å². The molecule has 0 atom stereocenters. The number of nitrogens with zero attached hydrogens (tertiary/aromatic N) is 4. The number of fused-ring (bicyclic) bond motifs is 1. The number of imidazole rings is 1. The van der Waals surface area contributed by atoms with E-state index in [0.717, 1.165) is 11.3 Å². The van der Waals surface area contributed by atoms with Crippen molar-refractivity contribution in [2.75, 3.05) is 5.32 Å². The first kappa shape index (κ1) is 16.0. The minimum Gasteiger partial charge on any atom is -0.323 e. The lowest BCUT2D eigenvalue weighted by Crippen LogP contribution is -2.14. The molecular formula is C19H16FN5O. The van der Waals surface area contributed by atoms with Gasteiger partial charge < -0.3 is 9.72 Å². The number of anilines is 1. The second kappa shape index (κ2) is 6.79. The number of carbonyl (C=O) groups is 1. The molecule has 0 spiro atoms. The molecule has 1 aromatic carbocycles. The van der Waals surface area contributed by atoms with E-state index in [9.17, 15) is 9.18 Å². The maximum atomic E-state index is 13.2. The number of halogens is 1. The lowest BCUT2D eigenvalue weighted by atomic mass is 10.1. The summed E-state index contributed by atoms with van der Waals surface area (Å²) in [4.78, 5) is 16.6. The standard InChI is InChI=1S/C19H16FN5O/c20-15-5-3-4-14(8-15)9-19(26)23-16-10-21-25(12-16)13-17-11-24-7-2-1-6-18(24)22-17/h1-8,10-12H,9,13H2,(H,23,26). The van der Waals surface area contributed by atoms with Crippen LogP contribution < -0.4 is 5.32 Å². The maximum absolute atomic E-state index is 13.2. The first-order valence-corrected chi connectivity index (χ1v) is 8.15. The Labute approximate surface area is 148 Å². The van der Waals surface area contributed by atoms with Crippen LogP contribution in [-0.2, 0) is 17.8 Å². The van der Waals surface area contributed by atoms with Crippen molar-refractivity contribution in [3.63, 3.8) is 0 Å². The second-order valence-electron chi connectivity index (χ2n) is 5.98. The van der Waals surface area contributed by atoms with Gasteiger partial charge in [0.15, 0.2) is 0 Å². The Hall–Kier alpha value is -3.48. The van der Waals surface area contributed by atoms with Crippen LogP contribution in [0.4, 0.5) is 10.1 Å². The quantitative estimate of drug-likeness (QED) is 0.603. The van der Waals surface area contributed by atoms with Gasteiger partial charge in [0.1, 0.15) is 11.5 Å². The molecular weight excluding hydrogens is 333 g/mol. The van der Waals surface area contributed by atoms with Crippen LogP contribution in [0, 0.1) is 5.82 Å². The molecule has 0 fully saturated rings. The third-order valence-corrected chi connectivity index (χ3v) is 3.91. The zero-order valence-electron chi connectivity index (χ0n) is 13.8. The van der Waals surface area contributed by atoms with E-state index in [0.29, 0.717) is 17.8 Å². The monoisotopic (exact) mass is 349 g/mol. The molecule has 3 aromatic heterocycles. The van der Waals surface area contributed by atoms with E-state index in [-0.39, 0.29) is 18.1 Å². The van der Waals surface area contributed by atoms with Gasteiger partial charge in [-0.3, -0.25) is 9.48 Å². The second-order valence-corrected chi connectivity index (χ2v) is 5.98. The summed E-state index contributed by atoms with van der Waals surface area (Å²) in [5.41, 5.74) is 2.96. The zero-order chi connectivity index (χ0) is 17.9. The van der Waals surface area contributed by atoms with Gasteiger partial charge in [0.05, 0.1) is 30.5 Å². The molecule has 0 aliphatic heterocycles. The van der Waals surface area contributed by atoms with Crippen molar-refractivity contribution in [1.82, 2.24) is 19.2 Å². The van der Waals surface area contributed by atoms with Gasteiger partial charge in [-0.25, -0.2) is 9.37 Å². The zero-order valence-corrected chi connectivity index (χ0v) is 13.8. The van der Waals surface area contributed by atoms with Crippen molar-refractivity contribution < 1.29 is 9.18 Å². The molecule has 6 nitrogen and oxygen atoms in total. The Morgan fingerprint density at radius 1 is 1.15 bits per heavy atom. The van der Waals surface area contributed by atoms with Crippen molar-refractivity contribution >= 4 is 17.2 Å². The van der Waals surface area contributed by atoms with E-state index < -0.39 is 0 Å². The van der Waals surface area contributed by atoms with Gasteiger partial charge in [-0.2, -0.15) is 5.10 Å². The number of pyridine rings is 1. The van der Waals surface area contributed by atoms with Gasteiger partial charge >= 0.3 is 0 Å². The Morgan fingerprint density at radius 3 is 2.92 bits per heavy atom. The fraction of sp³-hybridized carbons (Fsp3) is 0.105. The van der Waals surface area contributed by atoms with E-state index in [1.165, 1.54) is 12.1 Å². The molecule has 7 heteroatoms. The molecule has 0 bridgehead atoms. The Bertz CT molecular complexity index is 1040. The molecule has 0 saturated carbocycles. The third kappa shape index (κ3) is 3.61. The fourth-order valence-corrected chi connectivity index (χ4v) is 2.78. The number of nitrogens with one attached hydrogen (secondary N) is 1.